The van der Waals surface area contributed by atoms with Gasteiger partial charge < -0.3 is 15.5 Å². The Morgan fingerprint density at radius 3 is 2.25 bits per heavy atom. The molecule has 1 aliphatic carbocycles. The van der Waals surface area contributed by atoms with Gasteiger partial charge in [0, 0.05) is 44.6 Å². The molecule has 3 unspecified atom stereocenters. The van der Waals surface area contributed by atoms with Crippen molar-refractivity contribution in [3.63, 3.8) is 0 Å². The van der Waals surface area contributed by atoms with Gasteiger partial charge in [-0.25, -0.2) is 0 Å². The number of nitrogens with two attached hydrogens (primary N) is 1. The maximum absolute atomic E-state index is 12.9. The molecule has 0 bridgehead atoms. The van der Waals surface area contributed by atoms with E-state index in [0.29, 0.717) is 12.5 Å². The molecule has 2 amide bonds. The fourth-order valence-electron chi connectivity index (χ4n) is 3.96. The Bertz CT molecular complexity index is 432. The lowest BCUT2D eigenvalue weighted by Gasteiger charge is -2.35. The van der Waals surface area contributed by atoms with Crippen LogP contribution in [0.5, 0.6) is 0 Å². The Morgan fingerprint density at radius 2 is 1.67 bits per heavy atom. The molecule has 5 heteroatoms. The van der Waals surface area contributed by atoms with Gasteiger partial charge in [0.25, 0.3) is 0 Å². The lowest BCUT2D eigenvalue weighted by atomic mass is 9.77. The zero-order valence-electron chi connectivity index (χ0n) is 15.7. The minimum Gasteiger partial charge on any atom is -0.345 e. The van der Waals surface area contributed by atoms with Crippen LogP contribution in [0.15, 0.2) is 0 Å². The van der Waals surface area contributed by atoms with E-state index in [2.05, 4.69) is 13.8 Å². The lowest BCUT2D eigenvalue weighted by molar-refractivity contribution is -0.147. The van der Waals surface area contributed by atoms with Crippen molar-refractivity contribution in [1.29, 1.82) is 0 Å². The molecule has 3 atom stereocenters. The summed E-state index contributed by atoms with van der Waals surface area (Å²) in [5, 5.41) is 0. The summed E-state index contributed by atoms with van der Waals surface area (Å²) in [6, 6.07) is 0.119. The highest BCUT2D eigenvalue weighted by atomic mass is 16.2. The van der Waals surface area contributed by atoms with E-state index in [1.54, 1.807) is 0 Å². The van der Waals surface area contributed by atoms with Crippen LogP contribution in [0.2, 0.25) is 0 Å². The quantitative estimate of drug-likeness (QED) is 0.808. The standard InChI is InChI=1S/C19H35N3O2/c1-14(2)17(20)10-13-21(3)18(23)15-8-4-5-9-16(15)19(24)22-11-6-7-12-22/h14-17H,4-13,20H2,1-3H3. The highest BCUT2D eigenvalue weighted by Gasteiger charge is 2.39. The third kappa shape index (κ3) is 4.71. The Kier molecular flexibility index (Phi) is 7.08. The zero-order valence-corrected chi connectivity index (χ0v) is 15.7. The summed E-state index contributed by atoms with van der Waals surface area (Å²) in [6.45, 7) is 6.64. The third-order valence-corrected chi connectivity index (χ3v) is 5.85. The number of nitrogens with zero attached hydrogens (tertiary/aromatic N) is 2. The summed E-state index contributed by atoms with van der Waals surface area (Å²) in [4.78, 5) is 29.5. The fourth-order valence-corrected chi connectivity index (χ4v) is 3.96. The van der Waals surface area contributed by atoms with E-state index >= 15 is 0 Å². The van der Waals surface area contributed by atoms with Crippen molar-refractivity contribution in [2.24, 2.45) is 23.5 Å². The summed E-state index contributed by atoms with van der Waals surface area (Å²) in [6.07, 6.45) is 6.86. The van der Waals surface area contributed by atoms with E-state index in [0.717, 1.165) is 58.0 Å². The third-order valence-electron chi connectivity index (χ3n) is 5.85. The van der Waals surface area contributed by atoms with Crippen LogP contribution in [-0.4, -0.2) is 54.3 Å². The zero-order chi connectivity index (χ0) is 17.7. The van der Waals surface area contributed by atoms with Gasteiger partial charge in [0.05, 0.1) is 0 Å². The summed E-state index contributed by atoms with van der Waals surface area (Å²) >= 11 is 0. The molecule has 0 spiro atoms. The van der Waals surface area contributed by atoms with Crippen molar-refractivity contribution in [3.8, 4) is 0 Å². The SMILES string of the molecule is CC(C)C(N)CCN(C)C(=O)C1CCCCC1C(=O)N1CCCC1. The van der Waals surface area contributed by atoms with E-state index < -0.39 is 0 Å². The van der Waals surface area contributed by atoms with Gasteiger partial charge in [0.1, 0.15) is 0 Å². The van der Waals surface area contributed by atoms with Crippen LogP contribution in [0.4, 0.5) is 0 Å². The number of hydrogen-bond acceptors (Lipinski definition) is 3. The second-order valence-electron chi connectivity index (χ2n) is 7.99. The number of carbonyl (C=O) groups excluding carboxylic acids is 2. The number of likely N-dealkylation sites (tertiary alicyclic amines) is 1. The van der Waals surface area contributed by atoms with Gasteiger partial charge in [-0.3, -0.25) is 9.59 Å². The van der Waals surface area contributed by atoms with Crippen LogP contribution >= 0.6 is 0 Å². The van der Waals surface area contributed by atoms with Crippen LogP contribution in [-0.2, 0) is 9.59 Å². The molecule has 1 saturated carbocycles. The first-order chi connectivity index (χ1) is 11.4. The normalized spacial score (nSPS) is 25.8. The van der Waals surface area contributed by atoms with Crippen LogP contribution in [0.1, 0.15) is 58.8 Å². The van der Waals surface area contributed by atoms with Crippen molar-refractivity contribution >= 4 is 11.8 Å². The van der Waals surface area contributed by atoms with Crippen molar-refractivity contribution in [2.45, 2.75) is 64.8 Å². The first-order valence-corrected chi connectivity index (χ1v) is 9.71. The van der Waals surface area contributed by atoms with Gasteiger partial charge in [0.15, 0.2) is 0 Å². The molecule has 0 aromatic heterocycles. The van der Waals surface area contributed by atoms with Crippen molar-refractivity contribution < 1.29 is 9.59 Å². The van der Waals surface area contributed by atoms with Gasteiger partial charge in [-0.15, -0.1) is 0 Å². The number of hydrogen-bond donors (Lipinski definition) is 1. The maximum Gasteiger partial charge on any atom is 0.226 e. The summed E-state index contributed by atoms with van der Waals surface area (Å²) < 4.78 is 0. The molecule has 0 radical (unpaired) electrons. The second-order valence-corrected chi connectivity index (χ2v) is 7.99. The van der Waals surface area contributed by atoms with Crippen molar-refractivity contribution in [2.75, 3.05) is 26.7 Å². The van der Waals surface area contributed by atoms with Gasteiger partial charge in [-0.1, -0.05) is 26.7 Å². The summed E-state index contributed by atoms with van der Waals surface area (Å²) in [5.41, 5.74) is 6.10. The molecule has 2 N–H and O–H groups in total. The van der Waals surface area contributed by atoms with E-state index in [1.165, 1.54) is 0 Å². The van der Waals surface area contributed by atoms with Gasteiger partial charge in [0.2, 0.25) is 11.8 Å². The highest BCUT2D eigenvalue weighted by Crippen LogP contribution is 2.33. The topological polar surface area (TPSA) is 66.6 Å². The molecule has 2 aliphatic rings. The number of rotatable bonds is 6. The van der Waals surface area contributed by atoms with Crippen LogP contribution in [0, 0.1) is 17.8 Å². The molecular weight excluding hydrogens is 302 g/mol. The highest BCUT2D eigenvalue weighted by molar-refractivity contribution is 5.88. The van der Waals surface area contributed by atoms with E-state index in [9.17, 15) is 9.59 Å². The van der Waals surface area contributed by atoms with Crippen LogP contribution < -0.4 is 5.73 Å². The average molecular weight is 338 g/mol. The van der Waals surface area contributed by atoms with E-state index in [1.807, 2.05) is 16.8 Å². The first-order valence-electron chi connectivity index (χ1n) is 9.71. The number of carbonyl (C=O) groups is 2. The summed E-state index contributed by atoms with van der Waals surface area (Å²) in [5.74, 6) is 0.548. The molecule has 1 saturated heterocycles. The molecule has 138 valence electrons. The Hall–Kier alpha value is -1.10. The van der Waals surface area contributed by atoms with Gasteiger partial charge >= 0.3 is 0 Å². The van der Waals surface area contributed by atoms with Crippen molar-refractivity contribution in [3.05, 3.63) is 0 Å². The largest absolute Gasteiger partial charge is 0.345 e. The minimum absolute atomic E-state index is 0.106. The summed E-state index contributed by atoms with van der Waals surface area (Å²) in [7, 11) is 1.86. The van der Waals surface area contributed by atoms with E-state index in [-0.39, 0.29) is 29.7 Å². The second kappa shape index (κ2) is 8.84. The minimum atomic E-state index is -0.132. The molecular formula is C19H35N3O2. The molecule has 24 heavy (non-hydrogen) atoms. The van der Waals surface area contributed by atoms with Crippen LogP contribution in [0.25, 0.3) is 0 Å². The molecule has 0 aromatic rings. The fraction of sp³-hybridized carbons (Fsp3) is 0.895. The molecule has 2 fully saturated rings. The maximum atomic E-state index is 12.9. The molecule has 0 aromatic carbocycles. The number of amides is 2. The molecule has 2 rings (SSSR count). The molecule has 1 heterocycles. The first kappa shape index (κ1) is 19.2. The lowest BCUT2D eigenvalue weighted by Crippen LogP contribution is -2.46. The van der Waals surface area contributed by atoms with Gasteiger partial charge in [-0.2, -0.15) is 0 Å². The smallest absolute Gasteiger partial charge is 0.226 e. The van der Waals surface area contributed by atoms with Gasteiger partial charge in [-0.05, 0) is 38.0 Å². The average Bonchev–Trinajstić information content (AvgIpc) is 3.12. The van der Waals surface area contributed by atoms with Crippen LogP contribution in [0.3, 0.4) is 0 Å². The molecule has 1 aliphatic heterocycles. The van der Waals surface area contributed by atoms with Crippen molar-refractivity contribution in [1.82, 2.24) is 9.80 Å². The Balaban J connectivity index is 1.95. The predicted octanol–water partition coefficient (Wildman–Crippen LogP) is 2.25. The monoisotopic (exact) mass is 337 g/mol. The Morgan fingerprint density at radius 1 is 1.08 bits per heavy atom. The Labute approximate surface area is 146 Å². The van der Waals surface area contributed by atoms with E-state index in [4.69, 9.17) is 5.73 Å². The predicted molar refractivity (Wildman–Crippen MR) is 96.3 cm³/mol. The molecule has 5 nitrogen and oxygen atoms in total.